The molecule has 2 heterocycles. The van der Waals surface area contributed by atoms with Gasteiger partial charge in [-0.2, -0.15) is 0 Å². The lowest BCUT2D eigenvalue weighted by atomic mass is 10.4. The summed E-state index contributed by atoms with van der Waals surface area (Å²) in [6.45, 7) is 4.76. The van der Waals surface area contributed by atoms with Crippen molar-refractivity contribution in [1.29, 1.82) is 0 Å². The largest absolute Gasteiger partial charge is 0.369 e. The molecule has 0 saturated heterocycles. The third kappa shape index (κ3) is 4.26. The Morgan fingerprint density at radius 3 is 2.76 bits per heavy atom. The number of sulfonamides is 1. The summed E-state index contributed by atoms with van der Waals surface area (Å²) in [7, 11) is -3.62. The molecule has 21 heavy (non-hydrogen) atoms. The molecule has 0 radical (unpaired) electrons. The maximum atomic E-state index is 12.5. The van der Waals surface area contributed by atoms with E-state index in [0.717, 1.165) is 9.75 Å². The first-order valence-electron chi connectivity index (χ1n) is 6.37. The van der Waals surface area contributed by atoms with Gasteiger partial charge in [0.25, 0.3) is 0 Å². The fourth-order valence-corrected chi connectivity index (χ4v) is 4.32. The lowest BCUT2D eigenvalue weighted by Crippen LogP contribution is -2.24. The molecule has 5 nitrogen and oxygen atoms in total. The van der Waals surface area contributed by atoms with Gasteiger partial charge in [0, 0.05) is 33.5 Å². The number of aromatic nitrogens is 1. The molecule has 0 fully saturated rings. The summed E-state index contributed by atoms with van der Waals surface area (Å²) in [5.74, 6) is 0.357. The van der Waals surface area contributed by atoms with Crippen LogP contribution >= 0.6 is 27.3 Å². The molecule has 2 aromatic rings. The second-order valence-corrected chi connectivity index (χ2v) is 8.39. The average Bonchev–Trinajstić information content (AvgIpc) is 2.85. The highest BCUT2D eigenvalue weighted by atomic mass is 79.9. The van der Waals surface area contributed by atoms with Crippen LogP contribution in [0.3, 0.4) is 0 Å². The molecule has 0 spiro atoms. The molecule has 114 valence electrons. The van der Waals surface area contributed by atoms with Crippen molar-refractivity contribution in [1.82, 2.24) is 9.71 Å². The highest BCUT2D eigenvalue weighted by molar-refractivity contribution is 9.10. The molecule has 0 saturated carbocycles. The molecule has 8 heteroatoms. The molecule has 0 atom stereocenters. The number of anilines is 1. The lowest BCUT2D eigenvalue weighted by molar-refractivity contribution is 0.581. The quantitative estimate of drug-likeness (QED) is 0.795. The molecule has 0 bridgehead atoms. The zero-order chi connectivity index (χ0) is 15.5. The number of aryl methyl sites for hydroxylation is 1. The van der Waals surface area contributed by atoms with Crippen LogP contribution in [0.1, 0.15) is 16.7 Å². The van der Waals surface area contributed by atoms with E-state index in [4.69, 9.17) is 0 Å². The van der Waals surface area contributed by atoms with E-state index < -0.39 is 10.0 Å². The van der Waals surface area contributed by atoms with Crippen LogP contribution in [0.4, 0.5) is 5.82 Å². The topological polar surface area (TPSA) is 71.1 Å². The predicted octanol–water partition coefficient (Wildman–Crippen LogP) is 3.12. The molecule has 2 aromatic heterocycles. The SMILES string of the molecule is CCNc1ncc(Br)cc1S(=O)(=O)NCc1ccc(C)s1. The Labute approximate surface area is 137 Å². The summed E-state index contributed by atoms with van der Waals surface area (Å²) in [6.07, 6.45) is 1.57. The Balaban J connectivity index is 2.24. The van der Waals surface area contributed by atoms with Crippen LogP contribution in [-0.2, 0) is 16.6 Å². The molecule has 0 aliphatic carbocycles. The number of hydrogen-bond acceptors (Lipinski definition) is 5. The summed E-state index contributed by atoms with van der Waals surface area (Å²) in [5, 5.41) is 2.96. The first kappa shape index (κ1) is 16.4. The molecule has 2 N–H and O–H groups in total. The fourth-order valence-electron chi connectivity index (χ4n) is 1.75. The van der Waals surface area contributed by atoms with E-state index in [1.54, 1.807) is 23.6 Å². The molecule has 0 aliphatic heterocycles. The van der Waals surface area contributed by atoms with Gasteiger partial charge >= 0.3 is 0 Å². The lowest BCUT2D eigenvalue weighted by Gasteiger charge is -2.11. The van der Waals surface area contributed by atoms with Gasteiger partial charge in [-0.25, -0.2) is 18.1 Å². The normalized spacial score (nSPS) is 11.6. The summed E-state index contributed by atoms with van der Waals surface area (Å²) in [5.41, 5.74) is 0. The Hall–Kier alpha value is -0.960. The Morgan fingerprint density at radius 2 is 2.14 bits per heavy atom. The number of nitrogens with one attached hydrogen (secondary N) is 2. The molecule has 0 amide bonds. The third-order valence-corrected chi connectivity index (χ3v) is 5.53. The maximum Gasteiger partial charge on any atom is 0.244 e. The molecule has 2 rings (SSSR count). The minimum atomic E-state index is -3.62. The number of pyridine rings is 1. The molecule has 0 aromatic carbocycles. The average molecular weight is 390 g/mol. The van der Waals surface area contributed by atoms with Crippen molar-refractivity contribution < 1.29 is 8.42 Å². The van der Waals surface area contributed by atoms with Crippen LogP contribution in [0.5, 0.6) is 0 Å². The van der Waals surface area contributed by atoms with E-state index in [1.807, 2.05) is 26.0 Å². The van der Waals surface area contributed by atoms with Crippen molar-refractivity contribution in [2.75, 3.05) is 11.9 Å². The van der Waals surface area contributed by atoms with Crippen molar-refractivity contribution in [2.45, 2.75) is 25.3 Å². The number of rotatable bonds is 6. The van der Waals surface area contributed by atoms with Gasteiger partial charge in [0.2, 0.25) is 10.0 Å². The first-order valence-corrected chi connectivity index (χ1v) is 9.46. The number of thiophene rings is 1. The van der Waals surface area contributed by atoms with E-state index in [-0.39, 0.29) is 11.4 Å². The van der Waals surface area contributed by atoms with Gasteiger partial charge in [0.05, 0.1) is 0 Å². The van der Waals surface area contributed by atoms with Gasteiger partial charge in [0.15, 0.2) is 0 Å². The first-order chi connectivity index (χ1) is 9.92. The van der Waals surface area contributed by atoms with Crippen LogP contribution in [0.15, 0.2) is 33.8 Å². The van der Waals surface area contributed by atoms with Gasteiger partial charge in [0.1, 0.15) is 10.7 Å². The van der Waals surface area contributed by atoms with E-state index >= 15 is 0 Å². The summed E-state index contributed by atoms with van der Waals surface area (Å²) in [6, 6.07) is 5.44. The standard InChI is InChI=1S/C13H16BrN3O2S2/c1-3-15-13-12(6-10(14)7-16-13)21(18,19)17-8-11-5-4-9(2)20-11/h4-7,17H,3,8H2,1-2H3,(H,15,16). The van der Waals surface area contributed by atoms with Crippen LogP contribution in [0.25, 0.3) is 0 Å². The van der Waals surface area contributed by atoms with Gasteiger partial charge in [-0.15, -0.1) is 11.3 Å². The zero-order valence-corrected chi connectivity index (χ0v) is 14.9. The van der Waals surface area contributed by atoms with Gasteiger partial charge in [-0.05, 0) is 48.0 Å². The monoisotopic (exact) mass is 389 g/mol. The van der Waals surface area contributed by atoms with Crippen LogP contribution in [-0.4, -0.2) is 19.9 Å². The molecule has 0 aliphatic rings. The van der Waals surface area contributed by atoms with Gasteiger partial charge in [-0.3, -0.25) is 0 Å². The van der Waals surface area contributed by atoms with Crippen molar-refractivity contribution in [3.05, 3.63) is 38.6 Å². The minimum Gasteiger partial charge on any atom is -0.369 e. The van der Waals surface area contributed by atoms with Gasteiger partial charge < -0.3 is 5.32 Å². The third-order valence-electron chi connectivity index (χ3n) is 2.69. The number of hydrogen-bond donors (Lipinski definition) is 2. The van der Waals surface area contributed by atoms with E-state index in [1.165, 1.54) is 0 Å². The van der Waals surface area contributed by atoms with Crippen LogP contribution in [0, 0.1) is 6.92 Å². The van der Waals surface area contributed by atoms with E-state index in [0.29, 0.717) is 16.8 Å². The van der Waals surface area contributed by atoms with Crippen molar-refractivity contribution >= 4 is 43.1 Å². The summed E-state index contributed by atoms with van der Waals surface area (Å²) >= 11 is 4.83. The fraction of sp³-hybridized carbons (Fsp3) is 0.308. The number of halogens is 1. The van der Waals surface area contributed by atoms with Crippen molar-refractivity contribution in [2.24, 2.45) is 0 Å². The zero-order valence-electron chi connectivity index (χ0n) is 11.7. The van der Waals surface area contributed by atoms with Crippen LogP contribution < -0.4 is 10.0 Å². The predicted molar refractivity (Wildman–Crippen MR) is 89.2 cm³/mol. The molecular weight excluding hydrogens is 374 g/mol. The van der Waals surface area contributed by atoms with Crippen LogP contribution in [0.2, 0.25) is 0 Å². The maximum absolute atomic E-state index is 12.5. The molecular formula is C13H16BrN3O2S2. The Kier molecular flexibility index (Phi) is 5.37. The van der Waals surface area contributed by atoms with Crippen molar-refractivity contribution in [3.63, 3.8) is 0 Å². The summed E-state index contributed by atoms with van der Waals surface area (Å²) in [4.78, 5) is 6.39. The van der Waals surface area contributed by atoms with E-state index in [9.17, 15) is 8.42 Å². The second-order valence-electron chi connectivity index (χ2n) is 4.37. The van der Waals surface area contributed by atoms with Crippen molar-refractivity contribution in [3.8, 4) is 0 Å². The number of nitrogens with zero attached hydrogens (tertiary/aromatic N) is 1. The highest BCUT2D eigenvalue weighted by Crippen LogP contribution is 2.23. The Bertz CT molecular complexity index is 729. The Morgan fingerprint density at radius 1 is 1.38 bits per heavy atom. The van der Waals surface area contributed by atoms with E-state index in [2.05, 4.69) is 31.0 Å². The van der Waals surface area contributed by atoms with Gasteiger partial charge in [-0.1, -0.05) is 0 Å². The molecule has 0 unspecified atom stereocenters. The summed E-state index contributed by atoms with van der Waals surface area (Å²) < 4.78 is 28.1. The minimum absolute atomic E-state index is 0.145. The second kappa shape index (κ2) is 6.87. The smallest absolute Gasteiger partial charge is 0.244 e. The highest BCUT2D eigenvalue weighted by Gasteiger charge is 2.20.